The molecular weight excluding hydrogens is 347 g/mol. The fraction of sp³-hybridized carbons (Fsp3) is 0.316. The second-order valence-electron chi connectivity index (χ2n) is 6.72. The number of aliphatic hydroxyl groups excluding tert-OH is 1. The number of carbonyl (C=O) groups excluding carboxylic acids is 1. The van der Waals surface area contributed by atoms with Crippen LogP contribution in [0.1, 0.15) is 32.4 Å². The van der Waals surface area contributed by atoms with E-state index in [1.807, 2.05) is 0 Å². The van der Waals surface area contributed by atoms with E-state index >= 15 is 0 Å². The Morgan fingerprint density at radius 1 is 1.08 bits per heavy atom. The van der Waals surface area contributed by atoms with E-state index in [4.69, 9.17) is 4.74 Å². The molecule has 0 unspecified atom stereocenters. The highest BCUT2D eigenvalue weighted by Gasteiger charge is 2.21. The predicted molar refractivity (Wildman–Crippen MR) is 90.9 cm³/mol. The van der Waals surface area contributed by atoms with Gasteiger partial charge in [-0.1, -0.05) is 24.3 Å². The van der Waals surface area contributed by atoms with Crippen molar-refractivity contribution in [2.45, 2.75) is 32.4 Å². The molecule has 2 rings (SSSR count). The van der Waals surface area contributed by atoms with Crippen LogP contribution in [0.5, 0.6) is 0 Å². The van der Waals surface area contributed by atoms with E-state index < -0.39 is 47.4 Å². The van der Waals surface area contributed by atoms with Crippen LogP contribution in [-0.4, -0.2) is 23.4 Å². The number of hydrogen-bond donors (Lipinski definition) is 2. The maximum absolute atomic E-state index is 13.9. The smallest absolute Gasteiger partial charge is 0.408 e. The number of nitrogens with one attached hydrogen (secondary N) is 1. The Kier molecular flexibility index (Phi) is 5.92. The van der Waals surface area contributed by atoms with E-state index in [-0.39, 0.29) is 5.56 Å². The van der Waals surface area contributed by atoms with Gasteiger partial charge in [0.15, 0.2) is 11.6 Å². The molecule has 0 saturated heterocycles. The quantitative estimate of drug-likeness (QED) is 0.791. The van der Waals surface area contributed by atoms with Crippen molar-refractivity contribution in [3.8, 4) is 11.1 Å². The van der Waals surface area contributed by atoms with Gasteiger partial charge in [-0.25, -0.2) is 18.0 Å². The lowest BCUT2D eigenvalue weighted by Gasteiger charge is -2.23. The lowest BCUT2D eigenvalue weighted by Crippen LogP contribution is -2.36. The zero-order valence-electron chi connectivity index (χ0n) is 14.6. The summed E-state index contributed by atoms with van der Waals surface area (Å²) in [6.07, 6.45) is -0.706. The Morgan fingerprint density at radius 2 is 1.65 bits per heavy atom. The van der Waals surface area contributed by atoms with E-state index in [1.165, 1.54) is 24.3 Å². The number of carbonyl (C=O) groups is 1. The normalized spacial score (nSPS) is 12.6. The van der Waals surface area contributed by atoms with Crippen LogP contribution in [0.15, 0.2) is 36.4 Å². The highest BCUT2D eigenvalue weighted by atomic mass is 19.2. The minimum absolute atomic E-state index is 0.136. The summed E-state index contributed by atoms with van der Waals surface area (Å²) in [6, 6.07) is 6.54. The van der Waals surface area contributed by atoms with E-state index in [0.29, 0.717) is 5.56 Å². The van der Waals surface area contributed by atoms with Gasteiger partial charge in [-0.05, 0) is 44.0 Å². The molecule has 4 nitrogen and oxygen atoms in total. The third kappa shape index (κ3) is 4.76. The van der Waals surface area contributed by atoms with Gasteiger partial charge in [0.25, 0.3) is 0 Å². The molecular formula is C19H20F3NO3. The molecule has 0 bridgehead atoms. The van der Waals surface area contributed by atoms with Crippen LogP contribution in [0.25, 0.3) is 11.1 Å². The van der Waals surface area contributed by atoms with Crippen LogP contribution in [0.3, 0.4) is 0 Å². The lowest BCUT2D eigenvalue weighted by atomic mass is 10.00. The molecule has 0 heterocycles. The van der Waals surface area contributed by atoms with Gasteiger partial charge in [0, 0.05) is 0 Å². The van der Waals surface area contributed by atoms with E-state index in [9.17, 15) is 23.1 Å². The molecule has 2 aromatic rings. The first-order valence-electron chi connectivity index (χ1n) is 7.96. The third-order valence-electron chi connectivity index (χ3n) is 3.52. The first-order chi connectivity index (χ1) is 12.1. The summed E-state index contributed by atoms with van der Waals surface area (Å²) in [6.45, 7) is 4.72. The van der Waals surface area contributed by atoms with E-state index in [1.54, 1.807) is 20.8 Å². The Morgan fingerprint density at radius 3 is 2.19 bits per heavy atom. The number of hydrogen-bond acceptors (Lipinski definition) is 3. The maximum Gasteiger partial charge on any atom is 0.408 e. The molecule has 0 aromatic heterocycles. The highest BCUT2D eigenvalue weighted by molar-refractivity contribution is 5.69. The molecule has 2 N–H and O–H groups in total. The van der Waals surface area contributed by atoms with Crippen molar-refractivity contribution in [3.05, 3.63) is 59.4 Å². The number of halogens is 3. The summed E-state index contributed by atoms with van der Waals surface area (Å²) in [5, 5.41) is 12.0. The fourth-order valence-corrected chi connectivity index (χ4v) is 2.36. The molecule has 0 aliphatic heterocycles. The van der Waals surface area contributed by atoms with Crippen LogP contribution in [0.2, 0.25) is 0 Å². The second-order valence-corrected chi connectivity index (χ2v) is 6.72. The second kappa shape index (κ2) is 7.78. The Bertz CT molecular complexity index is 786. The number of benzene rings is 2. The van der Waals surface area contributed by atoms with Crippen LogP contribution in [-0.2, 0) is 4.74 Å². The molecule has 0 spiro atoms. The average Bonchev–Trinajstić information content (AvgIpc) is 2.55. The first-order valence-corrected chi connectivity index (χ1v) is 7.96. The van der Waals surface area contributed by atoms with Crippen molar-refractivity contribution < 1.29 is 27.8 Å². The fourth-order valence-electron chi connectivity index (χ4n) is 2.36. The van der Waals surface area contributed by atoms with Crippen molar-refractivity contribution in [1.82, 2.24) is 5.32 Å². The molecule has 1 atom stereocenters. The lowest BCUT2D eigenvalue weighted by molar-refractivity contribution is 0.0482. The van der Waals surface area contributed by atoms with Crippen molar-refractivity contribution in [1.29, 1.82) is 0 Å². The third-order valence-corrected chi connectivity index (χ3v) is 3.52. The number of aliphatic hydroxyl groups is 1. The summed E-state index contributed by atoms with van der Waals surface area (Å²) in [4.78, 5) is 11.8. The standard InChI is InChI=1S/C19H20F3NO3/c1-19(2,3)26-18(25)23-15(10-24)11-4-6-12(7-5-11)16-13(20)8-9-14(21)17(16)22/h4-9,15,24H,10H2,1-3H3,(H,23,25)/t15-/m0/s1. The van der Waals surface area contributed by atoms with Gasteiger partial charge in [-0.2, -0.15) is 0 Å². The molecule has 140 valence electrons. The summed E-state index contributed by atoms with van der Waals surface area (Å²) in [5.41, 5.74) is -0.533. The average molecular weight is 367 g/mol. The van der Waals surface area contributed by atoms with Gasteiger partial charge in [-0.15, -0.1) is 0 Å². The molecule has 0 radical (unpaired) electrons. The zero-order valence-corrected chi connectivity index (χ0v) is 14.6. The molecule has 0 aliphatic rings. The topological polar surface area (TPSA) is 58.6 Å². The van der Waals surface area contributed by atoms with Crippen LogP contribution < -0.4 is 5.32 Å². The van der Waals surface area contributed by atoms with Gasteiger partial charge in [0.1, 0.15) is 11.4 Å². The molecule has 1 amide bonds. The minimum atomic E-state index is -1.27. The number of rotatable bonds is 4. The van der Waals surface area contributed by atoms with E-state index in [0.717, 1.165) is 12.1 Å². The number of amides is 1. The van der Waals surface area contributed by atoms with Crippen LogP contribution in [0, 0.1) is 17.5 Å². The Balaban J connectivity index is 2.23. The van der Waals surface area contributed by atoms with Gasteiger partial charge >= 0.3 is 6.09 Å². The van der Waals surface area contributed by atoms with Gasteiger partial charge in [0.05, 0.1) is 18.2 Å². The van der Waals surface area contributed by atoms with Crippen molar-refractivity contribution in [2.75, 3.05) is 6.61 Å². The SMILES string of the molecule is CC(C)(C)OC(=O)N[C@@H](CO)c1ccc(-c2c(F)ccc(F)c2F)cc1. The van der Waals surface area contributed by atoms with Crippen LogP contribution in [0.4, 0.5) is 18.0 Å². The maximum atomic E-state index is 13.9. The summed E-state index contributed by atoms with van der Waals surface area (Å²) in [5.74, 6) is -3.31. The van der Waals surface area contributed by atoms with Gasteiger partial charge in [-0.3, -0.25) is 0 Å². The van der Waals surface area contributed by atoms with Crippen molar-refractivity contribution in [2.24, 2.45) is 0 Å². The van der Waals surface area contributed by atoms with Gasteiger partial charge < -0.3 is 15.2 Å². The minimum Gasteiger partial charge on any atom is -0.444 e. The van der Waals surface area contributed by atoms with Crippen molar-refractivity contribution >= 4 is 6.09 Å². The first kappa shape index (κ1) is 19.8. The number of ether oxygens (including phenoxy) is 1. The summed E-state index contributed by atoms with van der Waals surface area (Å²) in [7, 11) is 0. The molecule has 0 aliphatic carbocycles. The molecule has 2 aromatic carbocycles. The zero-order chi connectivity index (χ0) is 19.5. The highest BCUT2D eigenvalue weighted by Crippen LogP contribution is 2.28. The molecule has 0 saturated carbocycles. The van der Waals surface area contributed by atoms with Crippen LogP contribution >= 0.6 is 0 Å². The Labute approximate surface area is 149 Å². The summed E-state index contributed by atoms with van der Waals surface area (Å²) < 4.78 is 46.2. The monoisotopic (exact) mass is 367 g/mol. The number of alkyl carbamates (subject to hydrolysis) is 1. The van der Waals surface area contributed by atoms with Gasteiger partial charge in [0.2, 0.25) is 0 Å². The largest absolute Gasteiger partial charge is 0.444 e. The Hall–Kier alpha value is -2.54. The predicted octanol–water partition coefficient (Wildman–Crippen LogP) is 4.33. The summed E-state index contributed by atoms with van der Waals surface area (Å²) >= 11 is 0. The van der Waals surface area contributed by atoms with Crippen molar-refractivity contribution in [3.63, 3.8) is 0 Å². The van der Waals surface area contributed by atoms with E-state index in [2.05, 4.69) is 5.32 Å². The molecule has 7 heteroatoms. The molecule has 26 heavy (non-hydrogen) atoms. The molecule has 0 fully saturated rings.